The first-order valence-electron chi connectivity index (χ1n) is 27.3. The molecule has 360 valence electrons. The molecule has 2 nitrogen and oxygen atoms in total. The molecule has 0 spiro atoms. The Morgan fingerprint density at radius 1 is 0.429 bits per heavy atom. The van der Waals surface area contributed by atoms with Crippen molar-refractivity contribution < 1.29 is 22.7 Å². The van der Waals surface area contributed by atoms with Gasteiger partial charge in [0, 0.05) is 16.7 Å². The van der Waals surface area contributed by atoms with E-state index in [2.05, 4.69) is 102 Å². The number of unbranched alkanes of at least 4 members (excludes halogenated alkanes) is 25. The van der Waals surface area contributed by atoms with Crippen molar-refractivity contribution in [2.75, 3.05) is 0 Å². The van der Waals surface area contributed by atoms with Gasteiger partial charge in [0.05, 0.1) is 5.57 Å². The van der Waals surface area contributed by atoms with Crippen LogP contribution >= 0.6 is 0 Å². The molecule has 0 unspecified atom stereocenters. The Kier molecular flexibility index (Phi) is 36.4. The predicted octanol–water partition coefficient (Wildman–Crippen LogP) is 21.0. The van der Waals surface area contributed by atoms with Gasteiger partial charge in [-0.2, -0.15) is 0 Å². The summed E-state index contributed by atoms with van der Waals surface area (Å²) in [7, 11) is 0. The van der Waals surface area contributed by atoms with Crippen LogP contribution in [-0.2, 0) is 30.8 Å². The molecule has 0 bridgehead atoms. The zero-order chi connectivity index (χ0) is 45.4. The van der Waals surface area contributed by atoms with Crippen molar-refractivity contribution in [1.82, 2.24) is 0 Å². The van der Waals surface area contributed by atoms with Gasteiger partial charge in [-0.1, -0.05) is 122 Å². The molecule has 0 fully saturated rings. The summed E-state index contributed by atoms with van der Waals surface area (Å²) in [6.45, 7) is 13.6. The molecule has 0 atom stereocenters. The summed E-state index contributed by atoms with van der Waals surface area (Å²) in [6, 6.07) is 17.8. The fourth-order valence-corrected chi connectivity index (χ4v) is 10.7. The van der Waals surface area contributed by atoms with E-state index in [0.717, 1.165) is 85.4 Å². The number of nitrogens with zero attached hydrogens (tertiary/aromatic N) is 2. The Morgan fingerprint density at radius 3 is 1.29 bits per heavy atom. The first-order valence-corrected chi connectivity index (χ1v) is 29.5. The third-order valence-electron chi connectivity index (χ3n) is 12.8. The molecule has 0 aromatic heterocycles. The van der Waals surface area contributed by atoms with Crippen molar-refractivity contribution in [3.63, 3.8) is 0 Å². The van der Waals surface area contributed by atoms with Crippen molar-refractivity contribution in [3.05, 3.63) is 99.6 Å². The van der Waals surface area contributed by atoms with Gasteiger partial charge in [-0.05, 0) is 80.3 Å². The molecule has 3 heteroatoms. The minimum absolute atomic E-state index is 0.939. The Hall–Kier alpha value is -2.08. The third-order valence-corrected chi connectivity index (χ3v) is 15.0. The van der Waals surface area contributed by atoms with Crippen LogP contribution in [0.4, 0.5) is 0 Å². The number of hydrogen-bond donors (Lipinski definition) is 0. The van der Waals surface area contributed by atoms with Crippen LogP contribution in [0.5, 0.6) is 0 Å². The van der Waals surface area contributed by atoms with Crippen LogP contribution in [0.1, 0.15) is 269 Å². The van der Waals surface area contributed by atoms with Crippen molar-refractivity contribution in [1.29, 1.82) is 0 Å². The van der Waals surface area contributed by atoms with Crippen molar-refractivity contribution in [3.8, 4) is 0 Å². The Bertz CT molecular complexity index is 1490. The van der Waals surface area contributed by atoms with E-state index in [-0.39, 0.29) is 0 Å². The summed E-state index contributed by atoms with van der Waals surface area (Å²) in [4.78, 5) is 3.09. The first-order chi connectivity index (χ1) is 31.1. The standard InChI is InChI=1S/C38H54N2.2C11H23.Pd/c1-5-9-13-14-15-18-22-32-24-20-26-34(30-32)38-36(28-17-11-7-3)35(27-12-8-4)37(40(38)39)33-25-19-23-31(29-33)21-16-10-6-2;2*1-3-5-7-9-11-10-8-6-4-2;/h17,19-20,23-26,28-30H,5-16,18,21-22,27H2,1-4H3;2*1,3-11H2,2H3;. The Labute approximate surface area is 401 Å². The topological polar surface area (TPSA) is 25.3 Å². The van der Waals surface area contributed by atoms with Crippen LogP contribution in [0.2, 0.25) is 9.79 Å². The maximum atomic E-state index is 11.9. The number of rotatable bonds is 39. The first kappa shape index (κ1) is 57.1. The molecule has 0 amide bonds. The monoisotopic (exact) mass is 955 g/mol. The summed E-state index contributed by atoms with van der Waals surface area (Å²) in [5.41, 5.74) is 21.3. The van der Waals surface area contributed by atoms with E-state index in [0.29, 0.717) is 0 Å². The molecule has 0 radical (unpaired) electrons. The van der Waals surface area contributed by atoms with Gasteiger partial charge in [0.2, 0.25) is 11.4 Å². The van der Waals surface area contributed by atoms with Crippen LogP contribution in [0.3, 0.4) is 0 Å². The van der Waals surface area contributed by atoms with Gasteiger partial charge in [0.1, 0.15) is 0 Å². The molecule has 3 rings (SSSR count). The fourth-order valence-electron chi connectivity index (χ4n) is 8.81. The van der Waals surface area contributed by atoms with Crippen LogP contribution in [-0.4, -0.2) is 4.70 Å². The Morgan fingerprint density at radius 2 is 0.825 bits per heavy atom. The minimum atomic E-state index is 0.939. The van der Waals surface area contributed by atoms with E-state index in [4.69, 9.17) is 0 Å². The normalized spacial score (nSPS) is 13.0. The van der Waals surface area contributed by atoms with Crippen LogP contribution < -0.4 is 0 Å². The van der Waals surface area contributed by atoms with Gasteiger partial charge in [0.25, 0.3) is 0 Å². The van der Waals surface area contributed by atoms with E-state index in [9.17, 15) is 5.53 Å². The summed E-state index contributed by atoms with van der Waals surface area (Å²) in [5.74, 6) is 0. The van der Waals surface area contributed by atoms with E-state index in [1.54, 1.807) is 9.79 Å². The molecular formula is C60H100N2Pd. The van der Waals surface area contributed by atoms with Gasteiger partial charge in [-0.3, -0.25) is 0 Å². The number of benzene rings is 2. The zero-order valence-corrected chi connectivity index (χ0v) is 44.0. The quantitative estimate of drug-likeness (QED) is 0.0362. The molecular weight excluding hydrogens is 855 g/mol. The van der Waals surface area contributed by atoms with Crippen molar-refractivity contribution >= 4 is 11.4 Å². The summed E-state index contributed by atoms with van der Waals surface area (Å²) in [5, 5.41) is 0. The van der Waals surface area contributed by atoms with Crippen LogP contribution in [0.25, 0.3) is 16.9 Å². The van der Waals surface area contributed by atoms with Crippen molar-refractivity contribution in [2.45, 2.75) is 270 Å². The Balaban J connectivity index is 0.000000507. The molecule has 2 aromatic carbocycles. The average Bonchev–Trinajstić information content (AvgIpc) is 3.58. The molecule has 0 N–H and O–H groups in total. The van der Waals surface area contributed by atoms with E-state index in [1.165, 1.54) is 200 Å². The molecule has 1 aliphatic rings. The molecule has 1 aliphatic heterocycles. The van der Waals surface area contributed by atoms with Gasteiger partial charge < -0.3 is 5.53 Å². The number of aryl methyl sites for hydroxylation is 2. The van der Waals surface area contributed by atoms with Crippen LogP contribution in [0.15, 0.2) is 71.8 Å². The fraction of sp³-hybridized carbons (Fsp3) is 0.700. The summed E-state index contributed by atoms with van der Waals surface area (Å²) in [6.07, 6.45) is 50.2. The second kappa shape index (κ2) is 40.2. The van der Waals surface area contributed by atoms with E-state index < -0.39 is 0 Å². The third kappa shape index (κ3) is 26.0. The zero-order valence-electron chi connectivity index (χ0n) is 42.4. The van der Waals surface area contributed by atoms with E-state index in [1.807, 2.05) is 0 Å². The molecule has 63 heavy (non-hydrogen) atoms. The number of hydrogen-bond acceptors (Lipinski definition) is 0. The van der Waals surface area contributed by atoms with Crippen molar-refractivity contribution in [2.24, 2.45) is 0 Å². The predicted molar refractivity (Wildman–Crippen MR) is 278 cm³/mol. The van der Waals surface area contributed by atoms with E-state index >= 15 is 0 Å². The van der Waals surface area contributed by atoms with Gasteiger partial charge in [0.15, 0.2) is 0 Å². The second-order valence-electron chi connectivity index (χ2n) is 18.7. The average molecular weight is 956 g/mol. The SMILES string of the molecule is CCCC=CC1=C(c2cccc(CCCCCCCC)c2)[N+](=[N-])C(c2cccc(CCCCC)c2)=C1CCCC.CCCCCCCCCC[CH2][Pd][CH2]CCCCCCCCCC. The van der Waals surface area contributed by atoms with Gasteiger partial charge >= 0.3 is 157 Å². The second-order valence-corrected chi connectivity index (χ2v) is 21.0. The molecule has 2 aromatic rings. The molecule has 0 aliphatic carbocycles. The maximum absolute atomic E-state index is 11.9. The summed E-state index contributed by atoms with van der Waals surface area (Å²) >= 11 is 1.07. The van der Waals surface area contributed by atoms with Gasteiger partial charge in [-0.15, -0.1) is 0 Å². The molecule has 0 saturated carbocycles. The summed E-state index contributed by atoms with van der Waals surface area (Å²) < 4.78 is 1.52. The number of allylic oxidation sites excluding steroid dienone is 4. The van der Waals surface area contributed by atoms with Gasteiger partial charge in [-0.25, -0.2) is 4.70 Å². The molecule has 1 heterocycles. The van der Waals surface area contributed by atoms with Crippen LogP contribution in [0, 0.1) is 0 Å². The molecule has 0 saturated heterocycles.